The minimum Gasteiger partial charge on any atom is -0.507 e. The van der Waals surface area contributed by atoms with E-state index in [9.17, 15) is 14.7 Å². The maximum Gasteiger partial charge on any atom is 0.302 e. The third kappa shape index (κ3) is 3.51. The quantitative estimate of drug-likeness (QED) is 0.240. The zero-order chi connectivity index (χ0) is 25.7. The lowest BCUT2D eigenvalue weighted by Crippen LogP contribution is -2.30. The lowest BCUT2D eigenvalue weighted by Gasteiger charge is -2.22. The molecule has 0 radical (unpaired) electrons. The van der Waals surface area contributed by atoms with Gasteiger partial charge < -0.3 is 29.0 Å². The Morgan fingerprint density at radius 1 is 1.08 bits per heavy atom. The molecule has 2 aliphatic rings. The van der Waals surface area contributed by atoms with Crippen LogP contribution in [0.25, 0.3) is 16.8 Å². The predicted octanol–water partition coefficient (Wildman–Crippen LogP) is 3.33. The zero-order valence-corrected chi connectivity index (χ0v) is 19.7. The van der Waals surface area contributed by atoms with Crippen molar-refractivity contribution in [2.45, 2.75) is 6.04 Å². The van der Waals surface area contributed by atoms with Crippen LogP contribution in [0.1, 0.15) is 17.2 Å². The Hall–Kier alpha value is -5.06. The summed E-state index contributed by atoms with van der Waals surface area (Å²) in [6.45, 7) is 0.0568. The fraction of sp³-hybridized carbons (Fsp3) is 0.154. The molecule has 6 rings (SSSR count). The Morgan fingerprint density at radius 2 is 1.86 bits per heavy atom. The second-order valence-electron chi connectivity index (χ2n) is 8.31. The predicted molar refractivity (Wildman–Crippen MR) is 131 cm³/mol. The van der Waals surface area contributed by atoms with Gasteiger partial charge in [-0.1, -0.05) is 6.07 Å². The van der Waals surface area contributed by atoms with Gasteiger partial charge in [-0.25, -0.2) is 4.98 Å². The number of ketones is 1. The van der Waals surface area contributed by atoms with Crippen molar-refractivity contribution in [3.8, 4) is 23.0 Å². The zero-order valence-electron chi connectivity index (χ0n) is 19.7. The van der Waals surface area contributed by atoms with Crippen molar-refractivity contribution in [2.75, 3.05) is 25.9 Å². The van der Waals surface area contributed by atoms with E-state index < -0.39 is 17.7 Å². The van der Waals surface area contributed by atoms with Gasteiger partial charge in [-0.15, -0.1) is 0 Å². The number of methoxy groups -OCH3 is 2. The summed E-state index contributed by atoms with van der Waals surface area (Å²) in [6, 6.07) is 10.5. The molecule has 0 spiro atoms. The first kappa shape index (κ1) is 22.4. The number of hydrogen-bond donors (Lipinski definition) is 2. The van der Waals surface area contributed by atoms with Crippen LogP contribution in [0.3, 0.4) is 0 Å². The van der Waals surface area contributed by atoms with Gasteiger partial charge in [0.15, 0.2) is 23.0 Å². The van der Waals surface area contributed by atoms with Gasteiger partial charge in [0.1, 0.15) is 5.76 Å². The summed E-state index contributed by atoms with van der Waals surface area (Å²) >= 11 is 0. The van der Waals surface area contributed by atoms with E-state index >= 15 is 0 Å². The molecular weight excluding hydrogens is 480 g/mol. The average Bonchev–Trinajstić information content (AvgIpc) is 3.63. The second-order valence-corrected chi connectivity index (χ2v) is 8.31. The molecule has 4 aromatic rings. The summed E-state index contributed by atoms with van der Waals surface area (Å²) < 4.78 is 21.5. The first-order chi connectivity index (χ1) is 18.0. The SMILES string of the molecule is COc1cc2nc(N3C(=O)C(=O)/C(=C(/O)c4ccc5c(c4)OCO5)C3c3cccnc3)[nH]c2cc1OC. The van der Waals surface area contributed by atoms with Crippen LogP contribution in [0, 0.1) is 0 Å². The number of carbonyl (C=O) groups excluding carboxylic acids is 2. The fourth-order valence-electron chi connectivity index (χ4n) is 4.54. The number of Topliss-reactive ketones (excluding diaryl/α,β-unsaturated/α-hetero) is 1. The molecule has 4 heterocycles. The summed E-state index contributed by atoms with van der Waals surface area (Å²) in [7, 11) is 3.02. The van der Waals surface area contributed by atoms with Crippen molar-refractivity contribution in [1.82, 2.24) is 15.0 Å². The molecule has 11 heteroatoms. The number of fused-ring (bicyclic) bond motifs is 2. The molecule has 11 nitrogen and oxygen atoms in total. The highest BCUT2D eigenvalue weighted by atomic mass is 16.7. The minimum absolute atomic E-state index is 0.0568. The van der Waals surface area contributed by atoms with Gasteiger partial charge in [0.25, 0.3) is 5.78 Å². The normalized spacial score (nSPS) is 18.0. The summed E-state index contributed by atoms with van der Waals surface area (Å²) in [5.74, 6) is -0.0712. The van der Waals surface area contributed by atoms with Crippen LogP contribution in [0.15, 0.2) is 60.4 Å². The number of anilines is 1. The van der Waals surface area contributed by atoms with Gasteiger partial charge in [-0.2, -0.15) is 0 Å². The highest BCUT2D eigenvalue weighted by molar-refractivity contribution is 6.51. The summed E-state index contributed by atoms with van der Waals surface area (Å²) in [5, 5.41) is 11.3. The van der Waals surface area contributed by atoms with Crippen LogP contribution in [0.2, 0.25) is 0 Å². The van der Waals surface area contributed by atoms with E-state index in [1.54, 1.807) is 48.7 Å². The number of H-pyrrole nitrogens is 1. The van der Waals surface area contributed by atoms with Crippen LogP contribution in [0.4, 0.5) is 5.95 Å². The van der Waals surface area contributed by atoms with Crippen LogP contribution in [-0.2, 0) is 9.59 Å². The average molecular weight is 500 g/mol. The number of ether oxygens (including phenoxy) is 4. The first-order valence-electron chi connectivity index (χ1n) is 11.2. The Labute approximate surface area is 209 Å². The number of imidazole rings is 1. The molecule has 2 N–H and O–H groups in total. The number of aromatic amines is 1. The van der Waals surface area contributed by atoms with Crippen molar-refractivity contribution in [3.05, 3.63) is 71.6 Å². The highest BCUT2D eigenvalue weighted by Crippen LogP contribution is 2.43. The third-order valence-corrected chi connectivity index (χ3v) is 6.29. The molecule has 1 saturated heterocycles. The van der Waals surface area contributed by atoms with Crippen molar-refractivity contribution < 1.29 is 33.6 Å². The minimum atomic E-state index is -0.997. The van der Waals surface area contributed by atoms with E-state index in [2.05, 4.69) is 15.0 Å². The van der Waals surface area contributed by atoms with Gasteiger partial charge in [-0.3, -0.25) is 19.5 Å². The molecule has 2 aliphatic heterocycles. The van der Waals surface area contributed by atoms with Gasteiger partial charge in [0.05, 0.1) is 36.9 Å². The molecular formula is C26H20N4O7. The van der Waals surface area contributed by atoms with Crippen LogP contribution >= 0.6 is 0 Å². The number of aliphatic hydroxyl groups is 1. The Balaban J connectivity index is 1.53. The van der Waals surface area contributed by atoms with E-state index in [1.165, 1.54) is 25.3 Å². The topological polar surface area (TPSA) is 136 Å². The smallest absolute Gasteiger partial charge is 0.302 e. The monoisotopic (exact) mass is 500 g/mol. The Bertz CT molecular complexity index is 1550. The third-order valence-electron chi connectivity index (χ3n) is 6.29. The lowest BCUT2D eigenvalue weighted by molar-refractivity contribution is -0.132. The van der Waals surface area contributed by atoms with E-state index in [-0.39, 0.29) is 24.1 Å². The van der Waals surface area contributed by atoms with Crippen molar-refractivity contribution in [1.29, 1.82) is 0 Å². The number of aliphatic hydroxyl groups excluding tert-OH is 1. The molecule has 1 atom stereocenters. The Morgan fingerprint density at radius 3 is 2.62 bits per heavy atom. The standard InChI is InChI=1S/C26H20N4O7/c1-34-18-9-15-16(10-19(18)35-2)29-26(28-15)30-22(14-4-3-7-27-11-14)21(24(32)25(30)33)23(31)13-5-6-17-20(8-13)37-12-36-17/h3-11,22,31H,12H2,1-2H3,(H,28,29)/b23-21+. The number of rotatable bonds is 5. The van der Waals surface area contributed by atoms with Gasteiger partial charge in [0, 0.05) is 30.1 Å². The molecule has 1 unspecified atom stereocenters. The summed E-state index contributed by atoms with van der Waals surface area (Å²) in [5.41, 5.74) is 1.77. The van der Waals surface area contributed by atoms with Crippen molar-refractivity contribution >= 4 is 34.4 Å². The molecule has 0 saturated carbocycles. The highest BCUT2D eigenvalue weighted by Gasteiger charge is 2.48. The number of carbonyl (C=O) groups is 2. The molecule has 186 valence electrons. The summed E-state index contributed by atoms with van der Waals surface area (Å²) in [6.07, 6.45) is 3.11. The Kier molecular flexibility index (Phi) is 5.18. The number of nitrogens with zero attached hydrogens (tertiary/aromatic N) is 3. The van der Waals surface area contributed by atoms with Crippen molar-refractivity contribution in [2.24, 2.45) is 0 Å². The largest absolute Gasteiger partial charge is 0.507 e. The number of amides is 1. The molecule has 0 bridgehead atoms. The number of benzene rings is 2. The van der Waals surface area contributed by atoms with Gasteiger partial charge in [-0.05, 0) is 29.8 Å². The molecule has 2 aromatic carbocycles. The molecule has 1 amide bonds. The van der Waals surface area contributed by atoms with E-state index in [0.717, 1.165) is 0 Å². The number of hydrogen-bond acceptors (Lipinski definition) is 9. The fourth-order valence-corrected chi connectivity index (χ4v) is 4.54. The molecule has 1 fully saturated rings. The van der Waals surface area contributed by atoms with E-state index in [0.29, 0.717) is 45.2 Å². The summed E-state index contributed by atoms with van der Waals surface area (Å²) in [4.78, 5) is 39.8. The number of nitrogens with one attached hydrogen (secondary N) is 1. The molecule has 0 aliphatic carbocycles. The van der Waals surface area contributed by atoms with Crippen LogP contribution in [0.5, 0.6) is 23.0 Å². The first-order valence-corrected chi connectivity index (χ1v) is 11.2. The van der Waals surface area contributed by atoms with E-state index in [1.807, 2.05) is 0 Å². The van der Waals surface area contributed by atoms with Gasteiger partial charge in [0.2, 0.25) is 12.7 Å². The van der Waals surface area contributed by atoms with Crippen LogP contribution < -0.4 is 23.8 Å². The molecule has 37 heavy (non-hydrogen) atoms. The maximum absolute atomic E-state index is 13.4. The molecule has 2 aromatic heterocycles. The van der Waals surface area contributed by atoms with Crippen LogP contribution in [-0.4, -0.2) is 52.8 Å². The maximum atomic E-state index is 13.4. The van der Waals surface area contributed by atoms with E-state index in [4.69, 9.17) is 18.9 Å². The second kappa shape index (κ2) is 8.55. The number of pyridine rings is 1. The lowest BCUT2D eigenvalue weighted by atomic mass is 9.96. The van der Waals surface area contributed by atoms with Crippen molar-refractivity contribution in [3.63, 3.8) is 0 Å². The number of aromatic nitrogens is 3. The van der Waals surface area contributed by atoms with Gasteiger partial charge >= 0.3 is 5.91 Å².